The van der Waals surface area contributed by atoms with Crippen LogP contribution < -0.4 is 10.7 Å². The molecule has 0 saturated heterocycles. The van der Waals surface area contributed by atoms with Gasteiger partial charge in [-0.15, -0.1) is 0 Å². The minimum absolute atomic E-state index is 0.104. The normalized spacial score (nSPS) is 10.8. The zero-order valence-electron chi connectivity index (χ0n) is 16.3. The fourth-order valence-electron chi connectivity index (χ4n) is 3.49. The predicted molar refractivity (Wildman–Crippen MR) is 121 cm³/mol. The number of benzene rings is 3. The molecule has 8 heteroatoms. The molecule has 4 rings (SSSR count). The molecule has 7 nitrogen and oxygen atoms in total. The zero-order chi connectivity index (χ0) is 22.1. The van der Waals surface area contributed by atoms with E-state index in [-0.39, 0.29) is 28.1 Å². The molecule has 0 saturated carbocycles. The molecule has 0 fully saturated rings. The maximum absolute atomic E-state index is 13.4. The van der Waals surface area contributed by atoms with Crippen molar-refractivity contribution in [2.24, 2.45) is 7.05 Å². The molecule has 0 bridgehead atoms. The van der Waals surface area contributed by atoms with Crippen molar-refractivity contribution in [3.63, 3.8) is 0 Å². The second kappa shape index (κ2) is 8.04. The van der Waals surface area contributed by atoms with E-state index in [1.54, 1.807) is 60.1 Å². The third kappa shape index (κ3) is 3.78. The van der Waals surface area contributed by atoms with Crippen molar-refractivity contribution in [1.82, 2.24) is 4.57 Å². The van der Waals surface area contributed by atoms with E-state index in [1.807, 2.05) is 0 Å². The molecule has 0 aliphatic carbocycles. The number of hydrogen-bond acceptors (Lipinski definition) is 4. The Bertz CT molecular complexity index is 1410. The number of nitro groups is 1. The van der Waals surface area contributed by atoms with Gasteiger partial charge < -0.3 is 9.88 Å². The third-order valence-electron chi connectivity index (χ3n) is 4.97. The lowest BCUT2D eigenvalue weighted by molar-refractivity contribution is -0.384. The highest BCUT2D eigenvalue weighted by molar-refractivity contribution is 6.30. The molecular weight excluding hydrogens is 418 g/mol. The lowest BCUT2D eigenvalue weighted by atomic mass is 10.0. The number of para-hydroxylation sites is 1. The number of hydrogen-bond donors (Lipinski definition) is 1. The van der Waals surface area contributed by atoms with Gasteiger partial charge in [-0.05, 0) is 35.9 Å². The molecule has 0 aliphatic rings. The number of halogens is 1. The van der Waals surface area contributed by atoms with Crippen LogP contribution >= 0.6 is 11.6 Å². The number of carbonyl (C=O) groups is 1. The van der Waals surface area contributed by atoms with Gasteiger partial charge in [-0.2, -0.15) is 0 Å². The number of anilines is 1. The number of nitrogens with one attached hydrogen (secondary N) is 1. The molecule has 1 heterocycles. The van der Waals surface area contributed by atoms with Gasteiger partial charge in [0.15, 0.2) is 5.43 Å². The van der Waals surface area contributed by atoms with Crippen LogP contribution in [0.3, 0.4) is 0 Å². The van der Waals surface area contributed by atoms with Crippen LogP contribution in [0.1, 0.15) is 10.4 Å². The van der Waals surface area contributed by atoms with E-state index in [1.165, 1.54) is 24.3 Å². The smallest absolute Gasteiger partial charge is 0.270 e. The molecule has 154 valence electrons. The summed E-state index contributed by atoms with van der Waals surface area (Å²) in [5.41, 5.74) is 1.11. The summed E-state index contributed by atoms with van der Waals surface area (Å²) in [5, 5.41) is 14.8. The highest BCUT2D eigenvalue weighted by atomic mass is 35.5. The lowest BCUT2D eigenvalue weighted by Crippen LogP contribution is -2.21. The molecule has 3 aromatic carbocycles. The van der Waals surface area contributed by atoms with Crippen LogP contribution in [0, 0.1) is 10.1 Å². The Morgan fingerprint density at radius 3 is 2.52 bits per heavy atom. The summed E-state index contributed by atoms with van der Waals surface area (Å²) < 4.78 is 1.71. The second-order valence-electron chi connectivity index (χ2n) is 6.90. The number of amides is 1. The zero-order valence-corrected chi connectivity index (χ0v) is 17.1. The summed E-state index contributed by atoms with van der Waals surface area (Å²) >= 11 is 6.15. The van der Waals surface area contributed by atoms with E-state index in [9.17, 15) is 19.7 Å². The van der Waals surface area contributed by atoms with Crippen molar-refractivity contribution in [2.45, 2.75) is 0 Å². The fourth-order valence-corrected chi connectivity index (χ4v) is 3.68. The first-order valence-corrected chi connectivity index (χ1v) is 9.68. The van der Waals surface area contributed by atoms with Gasteiger partial charge in [0.1, 0.15) is 5.82 Å². The van der Waals surface area contributed by atoms with E-state index in [4.69, 9.17) is 11.6 Å². The summed E-state index contributed by atoms with van der Waals surface area (Å²) in [7, 11) is 1.73. The molecule has 0 aliphatic heterocycles. The summed E-state index contributed by atoms with van der Waals surface area (Å²) in [6.45, 7) is 0. The third-order valence-corrected chi connectivity index (χ3v) is 5.21. The molecule has 0 radical (unpaired) electrons. The number of fused-ring (bicyclic) bond motifs is 1. The first-order chi connectivity index (χ1) is 14.9. The highest BCUT2D eigenvalue weighted by Crippen LogP contribution is 2.30. The summed E-state index contributed by atoms with van der Waals surface area (Å²) in [6, 6.07) is 19.3. The lowest BCUT2D eigenvalue weighted by Gasteiger charge is -2.18. The Balaban J connectivity index is 1.92. The molecule has 31 heavy (non-hydrogen) atoms. The molecule has 0 spiro atoms. The van der Waals surface area contributed by atoms with E-state index in [0.29, 0.717) is 21.5 Å². The van der Waals surface area contributed by atoms with Crippen LogP contribution in [0.4, 0.5) is 11.5 Å². The molecule has 0 atom stereocenters. The van der Waals surface area contributed by atoms with Crippen molar-refractivity contribution < 1.29 is 9.72 Å². The van der Waals surface area contributed by atoms with E-state index in [0.717, 1.165) is 0 Å². The Labute approximate surface area is 181 Å². The maximum atomic E-state index is 13.4. The van der Waals surface area contributed by atoms with Crippen molar-refractivity contribution in [1.29, 1.82) is 0 Å². The first-order valence-electron chi connectivity index (χ1n) is 9.30. The standard InChI is InChI=1S/C23H16ClN3O4/c1-26-19-11-3-2-10-18(19)21(28)20(14-6-4-8-16(24)12-14)22(26)25-23(29)15-7-5-9-17(13-15)27(30)31/h2-13H,1H3,(H,25,29). The number of aromatic nitrogens is 1. The summed E-state index contributed by atoms with van der Waals surface area (Å²) in [6.07, 6.45) is 0. The van der Waals surface area contributed by atoms with Crippen LogP contribution in [-0.4, -0.2) is 15.4 Å². The minimum atomic E-state index is -0.572. The van der Waals surface area contributed by atoms with Crippen molar-refractivity contribution in [3.8, 4) is 11.1 Å². The Morgan fingerprint density at radius 1 is 1.03 bits per heavy atom. The van der Waals surface area contributed by atoms with Crippen LogP contribution in [0.2, 0.25) is 5.02 Å². The number of pyridine rings is 1. The van der Waals surface area contributed by atoms with Gasteiger partial charge in [0.2, 0.25) is 0 Å². The van der Waals surface area contributed by atoms with Gasteiger partial charge in [0, 0.05) is 35.2 Å². The summed E-state index contributed by atoms with van der Waals surface area (Å²) in [5.74, 6) is -0.306. The number of aryl methyl sites for hydroxylation is 1. The minimum Gasteiger partial charge on any atom is -0.330 e. The maximum Gasteiger partial charge on any atom is 0.270 e. The van der Waals surface area contributed by atoms with Crippen LogP contribution in [0.5, 0.6) is 0 Å². The van der Waals surface area contributed by atoms with Crippen LogP contribution in [0.15, 0.2) is 77.6 Å². The molecule has 1 N–H and O–H groups in total. The quantitative estimate of drug-likeness (QED) is 0.361. The van der Waals surface area contributed by atoms with E-state index < -0.39 is 10.8 Å². The highest BCUT2D eigenvalue weighted by Gasteiger charge is 2.20. The van der Waals surface area contributed by atoms with Crippen LogP contribution in [0.25, 0.3) is 22.0 Å². The Hall–Kier alpha value is -3.97. The molecule has 4 aromatic rings. The number of rotatable bonds is 4. The van der Waals surface area contributed by atoms with Crippen molar-refractivity contribution >= 4 is 39.9 Å². The van der Waals surface area contributed by atoms with Gasteiger partial charge in [-0.1, -0.05) is 41.9 Å². The predicted octanol–water partition coefficient (Wildman–Crippen LogP) is 5.02. The van der Waals surface area contributed by atoms with Gasteiger partial charge in [-0.3, -0.25) is 19.7 Å². The van der Waals surface area contributed by atoms with Gasteiger partial charge in [0.05, 0.1) is 16.0 Å². The monoisotopic (exact) mass is 433 g/mol. The summed E-state index contributed by atoms with van der Waals surface area (Å²) in [4.78, 5) is 36.8. The second-order valence-corrected chi connectivity index (χ2v) is 7.34. The molecule has 1 aromatic heterocycles. The fraction of sp³-hybridized carbons (Fsp3) is 0.0435. The van der Waals surface area contributed by atoms with E-state index >= 15 is 0 Å². The average Bonchev–Trinajstić information content (AvgIpc) is 2.77. The van der Waals surface area contributed by atoms with Crippen molar-refractivity contribution in [3.05, 3.63) is 104 Å². The number of non-ortho nitro benzene ring substituents is 1. The van der Waals surface area contributed by atoms with Crippen LogP contribution in [-0.2, 0) is 7.05 Å². The average molecular weight is 434 g/mol. The van der Waals surface area contributed by atoms with E-state index in [2.05, 4.69) is 5.32 Å². The largest absolute Gasteiger partial charge is 0.330 e. The molecular formula is C23H16ClN3O4. The number of nitro benzene ring substituents is 1. The number of nitrogens with zero attached hydrogens (tertiary/aromatic N) is 2. The first kappa shape index (κ1) is 20.3. The Kier molecular flexibility index (Phi) is 5.27. The molecule has 1 amide bonds. The van der Waals surface area contributed by atoms with Gasteiger partial charge in [-0.25, -0.2) is 0 Å². The molecule has 0 unspecified atom stereocenters. The van der Waals surface area contributed by atoms with Gasteiger partial charge in [0.25, 0.3) is 11.6 Å². The Morgan fingerprint density at radius 2 is 1.77 bits per heavy atom. The topological polar surface area (TPSA) is 94.2 Å². The van der Waals surface area contributed by atoms with Gasteiger partial charge >= 0.3 is 0 Å². The number of carbonyl (C=O) groups excluding carboxylic acids is 1. The van der Waals surface area contributed by atoms with Crippen molar-refractivity contribution in [2.75, 3.05) is 5.32 Å². The SMILES string of the molecule is Cn1c(NC(=O)c2cccc([N+](=O)[O-])c2)c(-c2cccc(Cl)c2)c(=O)c2ccccc21.